The Bertz CT molecular complexity index is 238. The first-order valence-corrected chi connectivity index (χ1v) is 4.24. The lowest BCUT2D eigenvalue weighted by atomic mass is 10.1. The minimum atomic E-state index is -0.184. The highest BCUT2D eigenvalue weighted by Crippen LogP contribution is 2.04. The number of rotatable bonds is 2. The van der Waals surface area contributed by atoms with Gasteiger partial charge >= 0.3 is 0 Å². The van der Waals surface area contributed by atoms with Gasteiger partial charge in [-0.05, 0) is 29.1 Å². The zero-order valence-corrected chi connectivity index (χ0v) is 7.51. The SMILES string of the molecule is Fc1ccc(CC=CBr)cc1. The number of hydrogen-bond donors (Lipinski definition) is 0. The van der Waals surface area contributed by atoms with Gasteiger partial charge in [-0.25, -0.2) is 4.39 Å². The zero-order chi connectivity index (χ0) is 8.10. The van der Waals surface area contributed by atoms with Crippen molar-refractivity contribution in [1.82, 2.24) is 0 Å². The topological polar surface area (TPSA) is 0 Å². The van der Waals surface area contributed by atoms with E-state index in [9.17, 15) is 4.39 Å². The Balaban J connectivity index is 2.66. The fourth-order valence-electron chi connectivity index (χ4n) is 0.801. The molecule has 11 heavy (non-hydrogen) atoms. The smallest absolute Gasteiger partial charge is 0.123 e. The Morgan fingerprint density at radius 3 is 2.45 bits per heavy atom. The Hall–Kier alpha value is -0.630. The van der Waals surface area contributed by atoms with E-state index in [4.69, 9.17) is 0 Å². The highest BCUT2D eigenvalue weighted by molar-refractivity contribution is 9.11. The molecule has 0 aliphatic rings. The molecule has 1 aromatic rings. The lowest BCUT2D eigenvalue weighted by Gasteiger charge is -1.93. The van der Waals surface area contributed by atoms with Crippen molar-refractivity contribution < 1.29 is 4.39 Å². The second-order valence-electron chi connectivity index (χ2n) is 2.19. The second-order valence-corrected chi connectivity index (χ2v) is 2.72. The molecule has 0 spiro atoms. The first kappa shape index (κ1) is 8.47. The van der Waals surface area contributed by atoms with Crippen molar-refractivity contribution in [2.45, 2.75) is 6.42 Å². The molecule has 0 N–H and O–H groups in total. The first-order chi connectivity index (χ1) is 5.33. The fraction of sp³-hybridized carbons (Fsp3) is 0.111. The molecular formula is C9H8BrF. The summed E-state index contributed by atoms with van der Waals surface area (Å²) in [6, 6.07) is 6.50. The molecule has 0 nitrogen and oxygen atoms in total. The quantitative estimate of drug-likeness (QED) is 0.710. The minimum Gasteiger partial charge on any atom is -0.207 e. The van der Waals surface area contributed by atoms with Gasteiger partial charge in [0.1, 0.15) is 5.82 Å². The number of hydrogen-bond acceptors (Lipinski definition) is 0. The summed E-state index contributed by atoms with van der Waals surface area (Å²) in [5.41, 5.74) is 1.11. The van der Waals surface area contributed by atoms with Crippen LogP contribution in [-0.2, 0) is 6.42 Å². The first-order valence-electron chi connectivity index (χ1n) is 3.32. The molecule has 0 aliphatic carbocycles. The maximum atomic E-state index is 12.4. The molecular weight excluding hydrogens is 207 g/mol. The molecule has 0 aromatic heterocycles. The van der Waals surface area contributed by atoms with Gasteiger partial charge in [0.15, 0.2) is 0 Å². The number of allylic oxidation sites excluding steroid dienone is 1. The van der Waals surface area contributed by atoms with Crippen molar-refractivity contribution in [3.63, 3.8) is 0 Å². The van der Waals surface area contributed by atoms with E-state index in [1.54, 1.807) is 17.1 Å². The van der Waals surface area contributed by atoms with Gasteiger partial charge in [0, 0.05) is 0 Å². The highest BCUT2D eigenvalue weighted by atomic mass is 79.9. The summed E-state index contributed by atoms with van der Waals surface area (Å²) in [5.74, 6) is -0.184. The molecule has 58 valence electrons. The van der Waals surface area contributed by atoms with Crippen LogP contribution >= 0.6 is 15.9 Å². The summed E-state index contributed by atoms with van der Waals surface area (Å²) >= 11 is 3.17. The van der Waals surface area contributed by atoms with Gasteiger partial charge < -0.3 is 0 Å². The van der Waals surface area contributed by atoms with Crippen molar-refractivity contribution >= 4 is 15.9 Å². The summed E-state index contributed by atoms with van der Waals surface area (Å²) in [4.78, 5) is 1.80. The average molecular weight is 215 g/mol. The Kier molecular flexibility index (Phi) is 3.30. The predicted molar refractivity (Wildman–Crippen MR) is 48.2 cm³/mol. The Morgan fingerprint density at radius 1 is 1.27 bits per heavy atom. The maximum Gasteiger partial charge on any atom is 0.123 e. The monoisotopic (exact) mass is 214 g/mol. The Labute approximate surface area is 73.9 Å². The van der Waals surface area contributed by atoms with Crippen LogP contribution in [0.25, 0.3) is 0 Å². The summed E-state index contributed by atoms with van der Waals surface area (Å²) < 4.78 is 12.4. The van der Waals surface area contributed by atoms with E-state index >= 15 is 0 Å². The normalized spacial score (nSPS) is 10.7. The second kappa shape index (κ2) is 4.29. The molecule has 0 atom stereocenters. The van der Waals surface area contributed by atoms with Crippen LogP contribution in [0.4, 0.5) is 4.39 Å². The third-order valence-electron chi connectivity index (χ3n) is 1.36. The lowest BCUT2D eigenvalue weighted by molar-refractivity contribution is 0.627. The molecule has 1 rings (SSSR count). The molecule has 1 aromatic carbocycles. The largest absolute Gasteiger partial charge is 0.207 e. The summed E-state index contributed by atoms with van der Waals surface area (Å²) in [7, 11) is 0. The molecule has 0 saturated heterocycles. The van der Waals surface area contributed by atoms with E-state index in [0.29, 0.717) is 0 Å². The molecule has 0 unspecified atom stereocenters. The van der Waals surface area contributed by atoms with Gasteiger partial charge in [0.2, 0.25) is 0 Å². The molecule has 0 fully saturated rings. The molecule has 0 bridgehead atoms. The van der Waals surface area contributed by atoms with E-state index in [1.807, 2.05) is 6.08 Å². The Morgan fingerprint density at radius 2 is 1.91 bits per heavy atom. The molecule has 2 heteroatoms. The van der Waals surface area contributed by atoms with Crippen LogP contribution in [0.3, 0.4) is 0 Å². The van der Waals surface area contributed by atoms with E-state index in [0.717, 1.165) is 12.0 Å². The molecule has 0 aliphatic heterocycles. The average Bonchev–Trinajstić information content (AvgIpc) is 2.04. The summed E-state index contributed by atoms with van der Waals surface area (Å²) in [5, 5.41) is 0. The van der Waals surface area contributed by atoms with Crippen molar-refractivity contribution in [3.05, 3.63) is 46.7 Å². The van der Waals surface area contributed by atoms with Gasteiger partial charge in [0.25, 0.3) is 0 Å². The predicted octanol–water partition coefficient (Wildman–Crippen LogP) is 3.28. The summed E-state index contributed by atoms with van der Waals surface area (Å²) in [6.45, 7) is 0. The van der Waals surface area contributed by atoms with Crippen molar-refractivity contribution in [2.24, 2.45) is 0 Å². The van der Waals surface area contributed by atoms with Crippen LogP contribution < -0.4 is 0 Å². The number of benzene rings is 1. The molecule has 0 amide bonds. The van der Waals surface area contributed by atoms with E-state index < -0.39 is 0 Å². The summed E-state index contributed by atoms with van der Waals surface area (Å²) in [6.07, 6.45) is 2.80. The lowest BCUT2D eigenvalue weighted by Crippen LogP contribution is -1.80. The highest BCUT2D eigenvalue weighted by Gasteiger charge is 1.89. The van der Waals surface area contributed by atoms with Crippen molar-refractivity contribution in [1.29, 1.82) is 0 Å². The zero-order valence-electron chi connectivity index (χ0n) is 5.93. The maximum absolute atomic E-state index is 12.4. The van der Waals surface area contributed by atoms with Gasteiger partial charge in [0.05, 0.1) is 0 Å². The molecule has 0 saturated carbocycles. The van der Waals surface area contributed by atoms with Crippen LogP contribution in [0.15, 0.2) is 35.3 Å². The molecule has 0 heterocycles. The fourth-order valence-corrected chi connectivity index (χ4v) is 0.988. The van der Waals surface area contributed by atoms with Crippen LogP contribution in [0.1, 0.15) is 5.56 Å². The third-order valence-corrected chi connectivity index (χ3v) is 1.73. The van der Waals surface area contributed by atoms with Crippen molar-refractivity contribution in [2.75, 3.05) is 0 Å². The van der Waals surface area contributed by atoms with Gasteiger partial charge in [-0.1, -0.05) is 34.1 Å². The van der Waals surface area contributed by atoms with Crippen molar-refractivity contribution in [3.8, 4) is 0 Å². The van der Waals surface area contributed by atoms with Crippen LogP contribution in [0, 0.1) is 5.82 Å². The van der Waals surface area contributed by atoms with E-state index in [-0.39, 0.29) is 5.82 Å². The third kappa shape index (κ3) is 2.85. The van der Waals surface area contributed by atoms with Crippen LogP contribution in [-0.4, -0.2) is 0 Å². The van der Waals surface area contributed by atoms with Crippen LogP contribution in [0.5, 0.6) is 0 Å². The van der Waals surface area contributed by atoms with Gasteiger partial charge in [-0.3, -0.25) is 0 Å². The standard InChI is InChI=1S/C9H8BrF/c10-7-1-2-8-3-5-9(11)6-4-8/h1,3-7H,2H2. The van der Waals surface area contributed by atoms with E-state index in [2.05, 4.69) is 15.9 Å². The van der Waals surface area contributed by atoms with Gasteiger partial charge in [-0.2, -0.15) is 0 Å². The number of halogens is 2. The van der Waals surface area contributed by atoms with Gasteiger partial charge in [-0.15, -0.1) is 0 Å². The van der Waals surface area contributed by atoms with Crippen LogP contribution in [0.2, 0.25) is 0 Å². The van der Waals surface area contributed by atoms with E-state index in [1.165, 1.54) is 12.1 Å². The minimum absolute atomic E-state index is 0.184. The molecule has 0 radical (unpaired) electrons.